The summed E-state index contributed by atoms with van der Waals surface area (Å²) in [6.45, 7) is 0. The lowest BCUT2D eigenvalue weighted by Gasteiger charge is -2.12. The zero-order valence-electron chi connectivity index (χ0n) is 11.8. The first-order valence-corrected chi connectivity index (χ1v) is 6.96. The number of hydrogen-bond donors (Lipinski definition) is 1. The summed E-state index contributed by atoms with van der Waals surface area (Å²) in [4.78, 5) is 6.07. The number of aromatic amines is 1. The molecule has 1 aromatic carbocycles. The summed E-state index contributed by atoms with van der Waals surface area (Å²) in [5, 5.41) is 8.29. The number of nitrogens with one attached hydrogen (secondary N) is 1. The Hall–Kier alpha value is -2.33. The summed E-state index contributed by atoms with van der Waals surface area (Å²) >= 11 is 5.97. The number of halogens is 1. The van der Waals surface area contributed by atoms with Crippen molar-refractivity contribution in [2.45, 2.75) is 0 Å². The van der Waals surface area contributed by atoms with Crippen molar-refractivity contribution in [1.29, 1.82) is 0 Å². The Bertz CT molecular complexity index is 733. The molecule has 3 rings (SSSR count). The third-order valence-electron chi connectivity index (χ3n) is 3.27. The molecule has 0 atom stereocenters. The highest BCUT2D eigenvalue weighted by atomic mass is 35.5. The van der Waals surface area contributed by atoms with Crippen molar-refractivity contribution in [3.8, 4) is 22.4 Å². The van der Waals surface area contributed by atoms with Crippen LogP contribution in [0.4, 0.5) is 5.82 Å². The van der Waals surface area contributed by atoms with E-state index in [1.807, 2.05) is 55.4 Å². The third-order valence-corrected chi connectivity index (χ3v) is 3.52. The Morgan fingerprint density at radius 3 is 2.24 bits per heavy atom. The topological polar surface area (TPSA) is 44.8 Å². The van der Waals surface area contributed by atoms with Gasteiger partial charge in [0.25, 0.3) is 0 Å². The van der Waals surface area contributed by atoms with Gasteiger partial charge in [0, 0.05) is 37.1 Å². The second kappa shape index (κ2) is 5.58. The fourth-order valence-electron chi connectivity index (χ4n) is 2.27. The molecule has 0 saturated carbocycles. The summed E-state index contributed by atoms with van der Waals surface area (Å²) in [6, 6.07) is 11.7. The van der Waals surface area contributed by atoms with Crippen LogP contribution in [0, 0.1) is 0 Å². The first kappa shape index (κ1) is 13.6. The largest absolute Gasteiger partial charge is 0.361 e. The monoisotopic (exact) mass is 298 g/mol. The van der Waals surface area contributed by atoms with Crippen molar-refractivity contribution in [1.82, 2.24) is 15.2 Å². The maximum Gasteiger partial charge on any atom is 0.158 e. The Morgan fingerprint density at radius 1 is 0.952 bits per heavy atom. The predicted octanol–water partition coefficient (Wildman–Crippen LogP) is 3.86. The van der Waals surface area contributed by atoms with Gasteiger partial charge in [0.1, 0.15) is 0 Å². The van der Waals surface area contributed by atoms with Crippen LogP contribution in [-0.2, 0) is 0 Å². The standard InChI is InChI=1S/C16H15ClN4/c1-21(2)16-14(11-7-9-18-10-8-11)15(19-20-16)12-3-5-13(17)6-4-12/h3-10H,1-2H3,(H,19,20). The molecule has 106 valence electrons. The molecule has 0 amide bonds. The molecule has 1 N–H and O–H groups in total. The normalized spacial score (nSPS) is 10.6. The molecule has 0 aliphatic carbocycles. The molecular formula is C16H15ClN4. The van der Waals surface area contributed by atoms with Gasteiger partial charge in [-0.05, 0) is 29.8 Å². The van der Waals surface area contributed by atoms with Crippen molar-refractivity contribution < 1.29 is 0 Å². The molecule has 5 heteroatoms. The minimum Gasteiger partial charge on any atom is -0.361 e. The second-order valence-electron chi connectivity index (χ2n) is 4.93. The van der Waals surface area contributed by atoms with Crippen LogP contribution < -0.4 is 4.90 Å². The van der Waals surface area contributed by atoms with E-state index in [9.17, 15) is 0 Å². The zero-order valence-corrected chi connectivity index (χ0v) is 12.6. The van der Waals surface area contributed by atoms with Crippen LogP contribution in [-0.4, -0.2) is 29.3 Å². The summed E-state index contributed by atoms with van der Waals surface area (Å²) in [5.74, 6) is 0.895. The molecule has 0 saturated heterocycles. The predicted molar refractivity (Wildman–Crippen MR) is 86.6 cm³/mol. The molecule has 0 aliphatic rings. The number of H-pyrrole nitrogens is 1. The minimum absolute atomic E-state index is 0.719. The van der Waals surface area contributed by atoms with Gasteiger partial charge in [-0.25, -0.2) is 0 Å². The fourth-order valence-corrected chi connectivity index (χ4v) is 2.40. The Kier molecular flexibility index (Phi) is 3.62. The first-order chi connectivity index (χ1) is 10.2. The van der Waals surface area contributed by atoms with Crippen LogP contribution in [0.1, 0.15) is 0 Å². The summed E-state index contributed by atoms with van der Waals surface area (Å²) in [6.07, 6.45) is 3.57. The van der Waals surface area contributed by atoms with Gasteiger partial charge in [-0.3, -0.25) is 10.1 Å². The van der Waals surface area contributed by atoms with Gasteiger partial charge in [0.05, 0.1) is 11.3 Å². The number of nitrogens with zero attached hydrogens (tertiary/aromatic N) is 3. The van der Waals surface area contributed by atoms with Crippen LogP contribution in [0.25, 0.3) is 22.4 Å². The third kappa shape index (κ3) is 2.62. The van der Waals surface area contributed by atoms with Crippen LogP contribution >= 0.6 is 11.6 Å². The molecule has 2 heterocycles. The van der Waals surface area contributed by atoms with Crippen LogP contribution in [0.5, 0.6) is 0 Å². The number of anilines is 1. The molecule has 0 radical (unpaired) electrons. The van der Waals surface area contributed by atoms with Gasteiger partial charge in [0.15, 0.2) is 5.82 Å². The number of aromatic nitrogens is 3. The maximum atomic E-state index is 5.97. The summed E-state index contributed by atoms with van der Waals surface area (Å²) < 4.78 is 0. The van der Waals surface area contributed by atoms with E-state index >= 15 is 0 Å². The molecular weight excluding hydrogens is 284 g/mol. The molecule has 0 spiro atoms. The zero-order chi connectivity index (χ0) is 14.8. The number of pyridine rings is 1. The highest BCUT2D eigenvalue weighted by Crippen LogP contribution is 2.37. The molecule has 0 aliphatic heterocycles. The lowest BCUT2D eigenvalue weighted by molar-refractivity contribution is 1.01. The average molecular weight is 299 g/mol. The van der Waals surface area contributed by atoms with Crippen molar-refractivity contribution in [2.24, 2.45) is 0 Å². The van der Waals surface area contributed by atoms with Crippen molar-refractivity contribution in [3.63, 3.8) is 0 Å². The molecule has 21 heavy (non-hydrogen) atoms. The van der Waals surface area contributed by atoms with Crippen molar-refractivity contribution in [2.75, 3.05) is 19.0 Å². The van der Waals surface area contributed by atoms with Crippen molar-refractivity contribution >= 4 is 17.4 Å². The number of rotatable bonds is 3. The second-order valence-corrected chi connectivity index (χ2v) is 5.37. The summed E-state index contributed by atoms with van der Waals surface area (Å²) in [5.41, 5.74) is 4.16. The fraction of sp³-hybridized carbons (Fsp3) is 0.125. The number of benzene rings is 1. The van der Waals surface area contributed by atoms with E-state index in [1.165, 1.54) is 0 Å². The highest BCUT2D eigenvalue weighted by molar-refractivity contribution is 6.30. The molecule has 0 fully saturated rings. The van der Waals surface area contributed by atoms with E-state index in [2.05, 4.69) is 15.2 Å². The lowest BCUT2D eigenvalue weighted by atomic mass is 10.0. The average Bonchev–Trinajstić information content (AvgIpc) is 2.94. The van der Waals surface area contributed by atoms with Gasteiger partial charge >= 0.3 is 0 Å². The summed E-state index contributed by atoms with van der Waals surface area (Å²) in [7, 11) is 3.96. The van der Waals surface area contributed by atoms with E-state index in [-0.39, 0.29) is 0 Å². The Labute approximate surface area is 128 Å². The molecule has 2 aromatic heterocycles. The van der Waals surface area contributed by atoms with Gasteiger partial charge in [-0.15, -0.1) is 0 Å². The minimum atomic E-state index is 0.719. The number of hydrogen-bond acceptors (Lipinski definition) is 3. The first-order valence-electron chi connectivity index (χ1n) is 6.59. The lowest BCUT2D eigenvalue weighted by Crippen LogP contribution is -2.10. The van der Waals surface area contributed by atoms with Gasteiger partial charge in [-0.1, -0.05) is 23.7 Å². The van der Waals surface area contributed by atoms with E-state index in [0.717, 1.165) is 33.2 Å². The maximum absolute atomic E-state index is 5.97. The van der Waals surface area contributed by atoms with Gasteiger partial charge in [0.2, 0.25) is 0 Å². The SMILES string of the molecule is CN(C)c1n[nH]c(-c2ccc(Cl)cc2)c1-c1ccncc1. The van der Waals surface area contributed by atoms with Gasteiger partial charge < -0.3 is 4.90 Å². The van der Waals surface area contributed by atoms with Gasteiger partial charge in [-0.2, -0.15) is 5.10 Å². The molecule has 3 aromatic rings. The van der Waals surface area contributed by atoms with Crippen molar-refractivity contribution in [3.05, 3.63) is 53.8 Å². The Morgan fingerprint density at radius 2 is 1.62 bits per heavy atom. The molecule has 4 nitrogen and oxygen atoms in total. The quantitative estimate of drug-likeness (QED) is 0.798. The van der Waals surface area contributed by atoms with E-state index < -0.39 is 0 Å². The van der Waals surface area contributed by atoms with Crippen LogP contribution in [0.15, 0.2) is 48.8 Å². The van der Waals surface area contributed by atoms with Crippen LogP contribution in [0.2, 0.25) is 5.02 Å². The highest BCUT2D eigenvalue weighted by Gasteiger charge is 2.17. The van der Waals surface area contributed by atoms with E-state index in [0.29, 0.717) is 0 Å². The van der Waals surface area contributed by atoms with Crippen LogP contribution in [0.3, 0.4) is 0 Å². The smallest absolute Gasteiger partial charge is 0.158 e. The molecule has 0 unspecified atom stereocenters. The Balaban J connectivity index is 2.20. The molecule has 0 bridgehead atoms. The van der Waals surface area contributed by atoms with E-state index in [4.69, 9.17) is 11.6 Å². The van der Waals surface area contributed by atoms with E-state index in [1.54, 1.807) is 12.4 Å².